The first kappa shape index (κ1) is 17.8. The molecule has 0 saturated heterocycles. The molecule has 0 aliphatic heterocycles. The van der Waals surface area contributed by atoms with Crippen molar-refractivity contribution in [3.8, 4) is 5.75 Å². The number of carbonyl (C=O) groups excluding carboxylic acids is 1. The molecule has 0 bridgehead atoms. The summed E-state index contributed by atoms with van der Waals surface area (Å²) in [7, 11) is 0. The largest absolute Gasteiger partial charge is 0.482 e. The maximum atomic E-state index is 11.8. The average Bonchev–Trinajstić information content (AvgIpc) is 2.51. The van der Waals surface area contributed by atoms with Crippen LogP contribution in [0.3, 0.4) is 0 Å². The summed E-state index contributed by atoms with van der Waals surface area (Å²) in [5.74, 6) is 0.00396. The Labute approximate surface area is 152 Å². The van der Waals surface area contributed by atoms with E-state index in [2.05, 4.69) is 26.5 Å². The van der Waals surface area contributed by atoms with Crippen molar-refractivity contribution in [2.24, 2.45) is 5.10 Å². The summed E-state index contributed by atoms with van der Waals surface area (Å²) < 4.78 is 6.27. The van der Waals surface area contributed by atoms with Crippen molar-refractivity contribution in [1.82, 2.24) is 5.43 Å². The van der Waals surface area contributed by atoms with Crippen LogP contribution in [0, 0.1) is 0 Å². The van der Waals surface area contributed by atoms with E-state index >= 15 is 0 Å². The molecule has 1 N–H and O–H groups in total. The first-order chi connectivity index (χ1) is 11.0. The molecular formula is C16H13BrCl2N2O2. The van der Waals surface area contributed by atoms with Crippen molar-refractivity contribution in [3.05, 3.63) is 62.5 Å². The van der Waals surface area contributed by atoms with Gasteiger partial charge in [0.1, 0.15) is 5.75 Å². The number of hydrazone groups is 1. The number of carbonyl (C=O) groups is 1. The molecule has 0 aromatic heterocycles. The topological polar surface area (TPSA) is 50.7 Å². The maximum absolute atomic E-state index is 11.8. The van der Waals surface area contributed by atoms with Crippen LogP contribution in [0.25, 0.3) is 0 Å². The van der Waals surface area contributed by atoms with E-state index < -0.39 is 0 Å². The molecule has 0 radical (unpaired) electrons. The van der Waals surface area contributed by atoms with E-state index in [0.717, 1.165) is 10.0 Å². The Kier molecular flexibility index (Phi) is 6.45. The smallest absolute Gasteiger partial charge is 0.277 e. The molecule has 1 amide bonds. The van der Waals surface area contributed by atoms with Crippen LogP contribution in [-0.4, -0.2) is 18.2 Å². The van der Waals surface area contributed by atoms with Crippen LogP contribution in [0.4, 0.5) is 0 Å². The van der Waals surface area contributed by atoms with E-state index in [9.17, 15) is 4.79 Å². The van der Waals surface area contributed by atoms with Crippen molar-refractivity contribution < 1.29 is 9.53 Å². The molecular weight excluding hydrogens is 403 g/mol. The molecule has 120 valence electrons. The number of hydrogen-bond acceptors (Lipinski definition) is 3. The molecule has 0 unspecified atom stereocenters. The second-order valence-corrected chi connectivity index (χ2v) is 6.37. The summed E-state index contributed by atoms with van der Waals surface area (Å²) in [6, 6.07) is 12.4. The highest BCUT2D eigenvalue weighted by Gasteiger charge is 2.06. The summed E-state index contributed by atoms with van der Waals surface area (Å²) in [6.07, 6.45) is 0. The predicted octanol–water partition coefficient (Wildman–Crippen LogP) is 4.68. The lowest BCUT2D eigenvalue weighted by atomic mass is 10.1. The predicted molar refractivity (Wildman–Crippen MR) is 96.5 cm³/mol. The van der Waals surface area contributed by atoms with Gasteiger partial charge in [-0.15, -0.1) is 0 Å². The zero-order chi connectivity index (χ0) is 16.8. The number of ether oxygens (including phenoxy) is 1. The number of nitrogens with zero attached hydrogens (tertiary/aromatic N) is 1. The first-order valence-electron chi connectivity index (χ1n) is 6.62. The highest BCUT2D eigenvalue weighted by molar-refractivity contribution is 9.10. The van der Waals surface area contributed by atoms with E-state index in [4.69, 9.17) is 27.9 Å². The molecule has 0 aliphatic rings. The summed E-state index contributed by atoms with van der Waals surface area (Å²) in [5.41, 5.74) is 4.03. The average molecular weight is 416 g/mol. The van der Waals surface area contributed by atoms with Crippen LogP contribution in [-0.2, 0) is 4.79 Å². The Morgan fingerprint density at radius 2 is 2.04 bits per heavy atom. The van der Waals surface area contributed by atoms with E-state index in [-0.39, 0.29) is 12.5 Å². The zero-order valence-electron chi connectivity index (χ0n) is 12.1. The number of amides is 1. The second-order valence-electron chi connectivity index (χ2n) is 4.61. The molecule has 2 aromatic carbocycles. The third kappa shape index (κ3) is 5.53. The fourth-order valence-corrected chi connectivity index (χ4v) is 2.55. The van der Waals surface area contributed by atoms with Crippen molar-refractivity contribution in [1.29, 1.82) is 0 Å². The van der Waals surface area contributed by atoms with Gasteiger partial charge in [-0.25, -0.2) is 5.43 Å². The van der Waals surface area contributed by atoms with Gasteiger partial charge >= 0.3 is 0 Å². The van der Waals surface area contributed by atoms with Gasteiger partial charge in [0.2, 0.25) is 0 Å². The maximum Gasteiger partial charge on any atom is 0.277 e. The monoisotopic (exact) mass is 414 g/mol. The molecule has 0 heterocycles. The molecule has 0 aliphatic carbocycles. The molecule has 4 nitrogen and oxygen atoms in total. The Morgan fingerprint density at radius 1 is 1.26 bits per heavy atom. The normalized spacial score (nSPS) is 11.2. The quantitative estimate of drug-likeness (QED) is 0.569. The Bertz CT molecular complexity index is 751. The molecule has 7 heteroatoms. The third-order valence-electron chi connectivity index (χ3n) is 2.84. The molecule has 0 saturated carbocycles. The number of nitrogens with one attached hydrogen (secondary N) is 1. The summed E-state index contributed by atoms with van der Waals surface area (Å²) >= 11 is 15.1. The van der Waals surface area contributed by atoms with Gasteiger partial charge in [-0.1, -0.05) is 51.3 Å². The highest BCUT2D eigenvalue weighted by Crippen LogP contribution is 2.27. The number of hydrogen-bond donors (Lipinski definition) is 1. The SMILES string of the molecule is CC(=NNC(=O)COc1ccc(Cl)cc1Cl)c1cccc(Br)c1. The summed E-state index contributed by atoms with van der Waals surface area (Å²) in [6.45, 7) is 1.61. The van der Waals surface area contributed by atoms with Gasteiger partial charge in [-0.2, -0.15) is 5.10 Å². The minimum Gasteiger partial charge on any atom is -0.482 e. The standard InChI is InChI=1S/C16H13BrCl2N2O2/c1-10(11-3-2-4-12(17)7-11)20-21-16(22)9-23-15-6-5-13(18)8-14(15)19/h2-8H,9H2,1H3,(H,21,22). The van der Waals surface area contributed by atoms with Crippen LogP contribution in [0.2, 0.25) is 10.0 Å². The first-order valence-corrected chi connectivity index (χ1v) is 8.17. The van der Waals surface area contributed by atoms with Gasteiger partial charge in [0.15, 0.2) is 6.61 Å². The summed E-state index contributed by atoms with van der Waals surface area (Å²) in [5, 5.41) is 4.89. The van der Waals surface area contributed by atoms with Crippen LogP contribution < -0.4 is 10.2 Å². The van der Waals surface area contributed by atoms with E-state index in [0.29, 0.717) is 21.5 Å². The molecule has 0 fully saturated rings. The second kappa shape index (κ2) is 8.34. The lowest BCUT2D eigenvalue weighted by molar-refractivity contribution is -0.123. The van der Waals surface area contributed by atoms with Crippen molar-refractivity contribution >= 4 is 50.8 Å². The highest BCUT2D eigenvalue weighted by atomic mass is 79.9. The van der Waals surface area contributed by atoms with Gasteiger partial charge in [-0.3, -0.25) is 4.79 Å². The molecule has 2 aromatic rings. The van der Waals surface area contributed by atoms with Crippen molar-refractivity contribution in [2.75, 3.05) is 6.61 Å². The molecule has 23 heavy (non-hydrogen) atoms. The number of halogens is 3. The zero-order valence-corrected chi connectivity index (χ0v) is 15.2. The van der Waals surface area contributed by atoms with Gasteiger partial charge in [0.05, 0.1) is 10.7 Å². The van der Waals surface area contributed by atoms with Crippen LogP contribution in [0.5, 0.6) is 5.75 Å². The minimum atomic E-state index is -0.384. The van der Waals surface area contributed by atoms with Gasteiger partial charge in [-0.05, 0) is 42.8 Å². The van der Waals surface area contributed by atoms with Crippen LogP contribution in [0.15, 0.2) is 52.0 Å². The fraction of sp³-hybridized carbons (Fsp3) is 0.125. The van der Waals surface area contributed by atoms with Gasteiger partial charge in [0.25, 0.3) is 5.91 Å². The van der Waals surface area contributed by atoms with Gasteiger partial charge < -0.3 is 4.74 Å². The molecule has 0 spiro atoms. The fourth-order valence-electron chi connectivity index (χ4n) is 1.69. The Hall–Kier alpha value is -1.56. The third-order valence-corrected chi connectivity index (χ3v) is 3.87. The lowest BCUT2D eigenvalue weighted by Gasteiger charge is -2.07. The van der Waals surface area contributed by atoms with Gasteiger partial charge in [0, 0.05) is 9.50 Å². The van der Waals surface area contributed by atoms with Crippen molar-refractivity contribution in [3.63, 3.8) is 0 Å². The van der Waals surface area contributed by atoms with E-state index in [1.165, 1.54) is 0 Å². The molecule has 0 atom stereocenters. The lowest BCUT2D eigenvalue weighted by Crippen LogP contribution is -2.25. The van der Waals surface area contributed by atoms with E-state index in [1.807, 2.05) is 24.3 Å². The molecule has 2 rings (SSSR count). The number of benzene rings is 2. The van der Waals surface area contributed by atoms with Crippen molar-refractivity contribution in [2.45, 2.75) is 6.92 Å². The Morgan fingerprint density at radius 3 is 2.74 bits per heavy atom. The number of rotatable bonds is 5. The van der Waals surface area contributed by atoms with Crippen LogP contribution >= 0.6 is 39.1 Å². The van der Waals surface area contributed by atoms with Crippen LogP contribution in [0.1, 0.15) is 12.5 Å². The minimum absolute atomic E-state index is 0.198. The van der Waals surface area contributed by atoms with E-state index in [1.54, 1.807) is 25.1 Å². The summed E-state index contributed by atoms with van der Waals surface area (Å²) in [4.78, 5) is 11.8. The Balaban J connectivity index is 1.90.